The van der Waals surface area contributed by atoms with Gasteiger partial charge in [-0.2, -0.15) is 0 Å². The highest BCUT2D eigenvalue weighted by molar-refractivity contribution is 5.72. The summed E-state index contributed by atoms with van der Waals surface area (Å²) < 4.78 is 10.6. The first-order valence-corrected chi connectivity index (χ1v) is 5.97. The van der Waals surface area contributed by atoms with E-state index in [-0.39, 0.29) is 0 Å². The Hall–Kier alpha value is -2.36. The quantitative estimate of drug-likeness (QED) is 0.856. The average molecular weight is 258 g/mol. The number of nitrogens with two attached hydrogens (primary N) is 1. The number of rotatable bonds is 4. The van der Waals surface area contributed by atoms with E-state index in [0.29, 0.717) is 11.4 Å². The summed E-state index contributed by atoms with van der Waals surface area (Å²) in [6.45, 7) is 0. The number of para-hydroxylation sites is 2. The van der Waals surface area contributed by atoms with E-state index in [1.54, 1.807) is 14.2 Å². The Morgan fingerprint density at radius 3 is 2.32 bits per heavy atom. The molecule has 19 heavy (non-hydrogen) atoms. The molecule has 0 aliphatic carbocycles. The van der Waals surface area contributed by atoms with Crippen molar-refractivity contribution in [3.8, 4) is 11.5 Å². The molecule has 0 heterocycles. The van der Waals surface area contributed by atoms with Gasteiger partial charge in [-0.25, -0.2) is 0 Å². The molecule has 2 aromatic carbocycles. The molecule has 0 bridgehead atoms. The van der Waals surface area contributed by atoms with E-state index < -0.39 is 0 Å². The van der Waals surface area contributed by atoms with Crippen LogP contribution in [0.15, 0.2) is 42.5 Å². The molecule has 0 atom stereocenters. The molecule has 2 aromatic rings. The fourth-order valence-corrected chi connectivity index (χ4v) is 1.95. The minimum Gasteiger partial charge on any atom is -0.495 e. The molecule has 0 saturated carbocycles. The highest BCUT2D eigenvalue weighted by atomic mass is 16.5. The lowest BCUT2D eigenvalue weighted by atomic mass is 10.2. The van der Waals surface area contributed by atoms with Crippen LogP contribution in [0.3, 0.4) is 0 Å². The Kier molecular flexibility index (Phi) is 3.80. The predicted molar refractivity (Wildman–Crippen MR) is 78.5 cm³/mol. The minimum absolute atomic E-state index is 0.625. The van der Waals surface area contributed by atoms with Crippen LogP contribution in [0.25, 0.3) is 0 Å². The van der Waals surface area contributed by atoms with Crippen molar-refractivity contribution < 1.29 is 9.47 Å². The lowest BCUT2D eigenvalue weighted by Crippen LogP contribution is -2.11. The molecule has 0 amide bonds. The second-order valence-corrected chi connectivity index (χ2v) is 4.16. The lowest BCUT2D eigenvalue weighted by molar-refractivity contribution is 0.415. The predicted octanol–water partition coefficient (Wildman–Crippen LogP) is 3.05. The van der Waals surface area contributed by atoms with Crippen molar-refractivity contribution >= 4 is 17.1 Å². The molecule has 4 heteroatoms. The van der Waals surface area contributed by atoms with Crippen LogP contribution in [-0.2, 0) is 0 Å². The van der Waals surface area contributed by atoms with Crippen LogP contribution in [0, 0.1) is 0 Å². The van der Waals surface area contributed by atoms with Gasteiger partial charge in [0, 0.05) is 18.8 Å². The highest BCUT2D eigenvalue weighted by Crippen LogP contribution is 2.35. The third-order valence-corrected chi connectivity index (χ3v) is 3.05. The molecule has 0 saturated heterocycles. The van der Waals surface area contributed by atoms with E-state index in [1.807, 2.05) is 54.4 Å². The fourth-order valence-electron chi connectivity index (χ4n) is 1.95. The Bertz CT molecular complexity index is 570. The fraction of sp³-hybridized carbons (Fsp3) is 0.200. The summed E-state index contributed by atoms with van der Waals surface area (Å²) in [5.74, 6) is 1.49. The monoisotopic (exact) mass is 258 g/mol. The van der Waals surface area contributed by atoms with E-state index in [0.717, 1.165) is 17.1 Å². The molecule has 0 fully saturated rings. The summed E-state index contributed by atoms with van der Waals surface area (Å²) in [6, 6.07) is 13.5. The Balaban J connectivity index is 2.41. The Morgan fingerprint density at radius 2 is 1.63 bits per heavy atom. The van der Waals surface area contributed by atoms with Crippen molar-refractivity contribution in [3.63, 3.8) is 0 Å². The van der Waals surface area contributed by atoms with Crippen molar-refractivity contribution in [2.24, 2.45) is 0 Å². The van der Waals surface area contributed by atoms with Crippen molar-refractivity contribution in [1.29, 1.82) is 0 Å². The number of nitrogen functional groups attached to an aromatic ring is 1. The lowest BCUT2D eigenvalue weighted by Gasteiger charge is -2.22. The van der Waals surface area contributed by atoms with Crippen molar-refractivity contribution in [3.05, 3.63) is 42.5 Å². The van der Waals surface area contributed by atoms with Gasteiger partial charge < -0.3 is 20.1 Å². The molecule has 2 rings (SSSR count). The number of ether oxygens (including phenoxy) is 2. The van der Waals surface area contributed by atoms with Gasteiger partial charge >= 0.3 is 0 Å². The summed E-state index contributed by atoms with van der Waals surface area (Å²) in [6.07, 6.45) is 0. The maximum atomic E-state index is 5.83. The summed E-state index contributed by atoms with van der Waals surface area (Å²) in [7, 11) is 5.25. The topological polar surface area (TPSA) is 47.7 Å². The first-order chi connectivity index (χ1) is 9.17. The smallest absolute Gasteiger partial charge is 0.143 e. The molecule has 0 aromatic heterocycles. The number of anilines is 3. The van der Waals surface area contributed by atoms with Gasteiger partial charge in [0.05, 0.1) is 25.6 Å². The highest BCUT2D eigenvalue weighted by Gasteiger charge is 2.11. The Labute approximate surface area is 113 Å². The summed E-state index contributed by atoms with van der Waals surface area (Å²) >= 11 is 0. The van der Waals surface area contributed by atoms with Crippen LogP contribution in [0.4, 0.5) is 17.1 Å². The number of nitrogens with zero attached hydrogens (tertiary/aromatic N) is 1. The second-order valence-electron chi connectivity index (χ2n) is 4.16. The van der Waals surface area contributed by atoms with E-state index in [2.05, 4.69) is 0 Å². The molecule has 0 unspecified atom stereocenters. The molecular formula is C15H18N2O2. The van der Waals surface area contributed by atoms with Crippen molar-refractivity contribution in [1.82, 2.24) is 0 Å². The van der Waals surface area contributed by atoms with Crippen molar-refractivity contribution in [2.45, 2.75) is 0 Å². The van der Waals surface area contributed by atoms with Gasteiger partial charge in [-0.3, -0.25) is 0 Å². The maximum Gasteiger partial charge on any atom is 0.143 e. The largest absolute Gasteiger partial charge is 0.495 e. The van der Waals surface area contributed by atoms with Gasteiger partial charge in [0.2, 0.25) is 0 Å². The number of methoxy groups -OCH3 is 2. The number of hydrogen-bond donors (Lipinski definition) is 1. The van der Waals surface area contributed by atoms with Gasteiger partial charge in [-0.15, -0.1) is 0 Å². The zero-order valence-corrected chi connectivity index (χ0v) is 11.4. The zero-order chi connectivity index (χ0) is 13.8. The molecule has 0 aliphatic heterocycles. The molecular weight excluding hydrogens is 240 g/mol. The zero-order valence-electron chi connectivity index (χ0n) is 11.4. The molecule has 2 N–H and O–H groups in total. The maximum absolute atomic E-state index is 5.83. The SMILES string of the molecule is COc1cc(N(C)c2ccccc2OC)ccc1N. The van der Waals surface area contributed by atoms with Crippen LogP contribution >= 0.6 is 0 Å². The van der Waals surface area contributed by atoms with Gasteiger partial charge in [-0.05, 0) is 24.3 Å². The molecule has 0 radical (unpaired) electrons. The summed E-state index contributed by atoms with van der Waals surface area (Å²) in [5.41, 5.74) is 8.42. The van der Waals surface area contributed by atoms with Gasteiger partial charge in [-0.1, -0.05) is 12.1 Å². The molecule has 100 valence electrons. The van der Waals surface area contributed by atoms with Gasteiger partial charge in [0.1, 0.15) is 11.5 Å². The number of hydrogen-bond acceptors (Lipinski definition) is 4. The molecule has 0 aliphatic rings. The third kappa shape index (κ3) is 2.57. The van der Waals surface area contributed by atoms with Gasteiger partial charge in [0.25, 0.3) is 0 Å². The van der Waals surface area contributed by atoms with Gasteiger partial charge in [0.15, 0.2) is 0 Å². The van der Waals surface area contributed by atoms with E-state index in [9.17, 15) is 0 Å². The standard InChI is InChI=1S/C15H18N2O2/c1-17(13-6-4-5-7-14(13)18-2)11-8-9-12(16)15(10-11)19-3/h4-10H,16H2,1-3H3. The minimum atomic E-state index is 0.625. The first kappa shape index (κ1) is 13.1. The van der Waals surface area contributed by atoms with E-state index in [4.69, 9.17) is 15.2 Å². The summed E-state index contributed by atoms with van der Waals surface area (Å²) in [5, 5.41) is 0. The van der Waals surface area contributed by atoms with E-state index in [1.165, 1.54) is 0 Å². The normalized spacial score (nSPS) is 10.1. The Morgan fingerprint density at radius 1 is 0.947 bits per heavy atom. The summed E-state index contributed by atoms with van der Waals surface area (Å²) in [4.78, 5) is 2.03. The third-order valence-electron chi connectivity index (χ3n) is 3.05. The average Bonchev–Trinajstić information content (AvgIpc) is 2.47. The number of benzene rings is 2. The van der Waals surface area contributed by atoms with Crippen LogP contribution < -0.4 is 20.1 Å². The van der Waals surface area contributed by atoms with Crippen molar-refractivity contribution in [2.75, 3.05) is 31.9 Å². The van der Waals surface area contributed by atoms with E-state index >= 15 is 0 Å². The molecule has 0 spiro atoms. The first-order valence-electron chi connectivity index (χ1n) is 5.97. The van der Waals surface area contributed by atoms with Crippen LogP contribution in [0.2, 0.25) is 0 Å². The van der Waals surface area contributed by atoms with Crippen LogP contribution in [0.5, 0.6) is 11.5 Å². The second kappa shape index (κ2) is 5.52. The molecule has 4 nitrogen and oxygen atoms in total. The van der Waals surface area contributed by atoms with Crippen LogP contribution in [0.1, 0.15) is 0 Å². The van der Waals surface area contributed by atoms with Crippen LogP contribution in [-0.4, -0.2) is 21.3 Å².